The lowest BCUT2D eigenvalue weighted by Crippen LogP contribution is -2.02. The Bertz CT molecular complexity index is 248. The highest BCUT2D eigenvalue weighted by Gasteiger charge is 2.03. The Kier molecular flexibility index (Phi) is 7.81. The van der Waals surface area contributed by atoms with E-state index in [0.29, 0.717) is 29.9 Å². The molecule has 0 fully saturated rings. The second kappa shape index (κ2) is 8.35. The molecule has 0 aliphatic carbocycles. The largest absolute Gasteiger partial charge is 0.478 e. The van der Waals surface area contributed by atoms with E-state index in [9.17, 15) is 9.59 Å². The Morgan fingerprint density at radius 2 is 2.13 bits per heavy atom. The number of aliphatic carboxylic acids is 1. The van der Waals surface area contributed by atoms with Crippen molar-refractivity contribution >= 4 is 23.7 Å². The highest BCUT2D eigenvalue weighted by atomic mass is 32.2. The number of thioether (sulfide) groups is 1. The molecule has 0 aliphatic rings. The summed E-state index contributed by atoms with van der Waals surface area (Å²) in [6.45, 7) is 1.80. The molecule has 0 amide bonds. The van der Waals surface area contributed by atoms with Gasteiger partial charge in [-0.15, -0.1) is 0 Å². The van der Waals surface area contributed by atoms with Crippen molar-refractivity contribution in [1.82, 2.24) is 0 Å². The van der Waals surface area contributed by atoms with Gasteiger partial charge in [0.05, 0.1) is 13.5 Å². The van der Waals surface area contributed by atoms with Gasteiger partial charge >= 0.3 is 11.9 Å². The first-order valence-corrected chi connectivity index (χ1v) is 5.84. The Morgan fingerprint density at radius 3 is 2.60 bits per heavy atom. The standard InChI is InChI=1S/C10H16O4S/c1-3-8(10(12)13)4-6-15-7-5-9(11)14-2/h4H,3,5-7H2,1-2H3,(H,12,13). The molecule has 5 heteroatoms. The van der Waals surface area contributed by atoms with E-state index in [1.807, 2.05) is 0 Å². The lowest BCUT2D eigenvalue weighted by molar-refractivity contribution is -0.140. The molecule has 1 N–H and O–H groups in total. The van der Waals surface area contributed by atoms with Crippen LogP contribution in [-0.4, -0.2) is 35.7 Å². The maximum Gasteiger partial charge on any atom is 0.331 e. The van der Waals surface area contributed by atoms with Crippen molar-refractivity contribution in [2.75, 3.05) is 18.6 Å². The normalized spacial score (nSPS) is 11.2. The Hall–Kier alpha value is -0.970. The van der Waals surface area contributed by atoms with Gasteiger partial charge in [-0.2, -0.15) is 11.8 Å². The van der Waals surface area contributed by atoms with E-state index >= 15 is 0 Å². The third-order valence-electron chi connectivity index (χ3n) is 1.78. The van der Waals surface area contributed by atoms with Crippen LogP contribution >= 0.6 is 11.8 Å². The number of esters is 1. The van der Waals surface area contributed by atoms with Gasteiger partial charge in [-0.3, -0.25) is 4.79 Å². The van der Waals surface area contributed by atoms with E-state index in [-0.39, 0.29) is 5.97 Å². The van der Waals surface area contributed by atoms with Gasteiger partial charge < -0.3 is 9.84 Å². The van der Waals surface area contributed by atoms with Gasteiger partial charge in [-0.25, -0.2) is 4.79 Å². The average molecular weight is 232 g/mol. The van der Waals surface area contributed by atoms with Crippen LogP contribution in [0.1, 0.15) is 19.8 Å². The number of hydrogen-bond donors (Lipinski definition) is 1. The van der Waals surface area contributed by atoms with Gasteiger partial charge in [0.25, 0.3) is 0 Å². The number of carboxylic acids is 1. The van der Waals surface area contributed by atoms with E-state index in [4.69, 9.17) is 5.11 Å². The fourth-order valence-electron chi connectivity index (χ4n) is 0.883. The maximum absolute atomic E-state index is 10.7. The molecule has 4 nitrogen and oxygen atoms in total. The van der Waals surface area contributed by atoms with Gasteiger partial charge in [0.15, 0.2) is 0 Å². The van der Waals surface area contributed by atoms with Gasteiger partial charge in [0, 0.05) is 17.1 Å². The minimum atomic E-state index is -0.869. The van der Waals surface area contributed by atoms with Crippen molar-refractivity contribution in [3.05, 3.63) is 11.6 Å². The summed E-state index contributed by atoms with van der Waals surface area (Å²) in [5.74, 6) is 0.165. The van der Waals surface area contributed by atoms with Crippen molar-refractivity contribution in [1.29, 1.82) is 0 Å². The molecule has 15 heavy (non-hydrogen) atoms. The fourth-order valence-corrected chi connectivity index (χ4v) is 1.68. The number of carbonyl (C=O) groups is 2. The third kappa shape index (κ3) is 7.02. The SMILES string of the molecule is CCC(=CCSCCC(=O)OC)C(=O)O. The molecule has 0 aromatic carbocycles. The van der Waals surface area contributed by atoms with Gasteiger partial charge in [0.2, 0.25) is 0 Å². The zero-order chi connectivity index (χ0) is 11.7. The zero-order valence-electron chi connectivity index (χ0n) is 8.99. The number of carbonyl (C=O) groups excluding carboxylic acids is 1. The number of carboxylic acid groups (broad SMARTS) is 1. The van der Waals surface area contributed by atoms with E-state index in [0.717, 1.165) is 0 Å². The predicted molar refractivity (Wildman–Crippen MR) is 60.0 cm³/mol. The summed E-state index contributed by atoms with van der Waals surface area (Å²) < 4.78 is 4.48. The van der Waals surface area contributed by atoms with E-state index < -0.39 is 5.97 Å². The van der Waals surface area contributed by atoms with Crippen LogP contribution in [0.5, 0.6) is 0 Å². The molecule has 0 aliphatic heterocycles. The summed E-state index contributed by atoms with van der Waals surface area (Å²) in [4.78, 5) is 21.3. The quantitative estimate of drug-likeness (QED) is 0.411. The van der Waals surface area contributed by atoms with Crippen molar-refractivity contribution in [2.24, 2.45) is 0 Å². The lowest BCUT2D eigenvalue weighted by atomic mass is 10.2. The van der Waals surface area contributed by atoms with Crippen LogP contribution in [0.2, 0.25) is 0 Å². The molecule has 0 aromatic rings. The average Bonchev–Trinajstić information content (AvgIpc) is 2.22. The minimum absolute atomic E-state index is 0.236. The second-order valence-electron chi connectivity index (χ2n) is 2.79. The highest BCUT2D eigenvalue weighted by Crippen LogP contribution is 2.07. The summed E-state index contributed by atoms with van der Waals surface area (Å²) in [7, 11) is 1.35. The molecular formula is C10H16O4S. The number of ether oxygens (including phenoxy) is 1. The molecular weight excluding hydrogens is 216 g/mol. The highest BCUT2D eigenvalue weighted by molar-refractivity contribution is 7.99. The third-order valence-corrected chi connectivity index (χ3v) is 2.68. The zero-order valence-corrected chi connectivity index (χ0v) is 9.80. The Morgan fingerprint density at radius 1 is 1.47 bits per heavy atom. The predicted octanol–water partition coefficient (Wildman–Crippen LogP) is 1.70. The Balaban J connectivity index is 3.68. The molecule has 0 bridgehead atoms. The summed E-state index contributed by atoms with van der Waals surface area (Å²) in [6.07, 6.45) is 2.57. The fraction of sp³-hybridized carbons (Fsp3) is 0.600. The van der Waals surface area contributed by atoms with E-state index in [2.05, 4.69) is 4.74 Å². The molecule has 0 spiro atoms. The second-order valence-corrected chi connectivity index (χ2v) is 3.94. The number of methoxy groups -OCH3 is 1. The van der Waals surface area contributed by atoms with Crippen LogP contribution < -0.4 is 0 Å². The van der Waals surface area contributed by atoms with E-state index in [1.165, 1.54) is 18.9 Å². The monoisotopic (exact) mass is 232 g/mol. The van der Waals surface area contributed by atoms with Crippen LogP contribution in [0.4, 0.5) is 0 Å². The summed E-state index contributed by atoms with van der Waals surface area (Å²) in [5, 5.41) is 8.70. The van der Waals surface area contributed by atoms with Crippen LogP contribution in [-0.2, 0) is 14.3 Å². The summed E-state index contributed by atoms with van der Waals surface area (Å²) >= 11 is 1.52. The molecule has 0 unspecified atom stereocenters. The molecule has 0 heterocycles. The Labute approximate surface area is 93.7 Å². The number of hydrogen-bond acceptors (Lipinski definition) is 4. The molecule has 0 rings (SSSR count). The first-order chi connectivity index (χ1) is 7.11. The lowest BCUT2D eigenvalue weighted by Gasteiger charge is -1.99. The van der Waals surface area contributed by atoms with Gasteiger partial charge in [-0.1, -0.05) is 13.0 Å². The molecule has 0 radical (unpaired) electrons. The smallest absolute Gasteiger partial charge is 0.331 e. The molecule has 86 valence electrons. The maximum atomic E-state index is 10.7. The van der Waals surface area contributed by atoms with Crippen LogP contribution in [0.3, 0.4) is 0 Å². The first-order valence-electron chi connectivity index (χ1n) is 4.68. The molecule has 0 atom stereocenters. The molecule has 0 saturated carbocycles. The van der Waals surface area contributed by atoms with Crippen molar-refractivity contribution in [3.8, 4) is 0 Å². The number of rotatable bonds is 7. The topological polar surface area (TPSA) is 63.6 Å². The van der Waals surface area contributed by atoms with Crippen molar-refractivity contribution < 1.29 is 19.4 Å². The van der Waals surface area contributed by atoms with Crippen LogP contribution in [0.25, 0.3) is 0 Å². The molecule has 0 saturated heterocycles. The van der Waals surface area contributed by atoms with Crippen LogP contribution in [0.15, 0.2) is 11.6 Å². The van der Waals surface area contributed by atoms with E-state index in [1.54, 1.807) is 13.0 Å². The van der Waals surface area contributed by atoms with Crippen molar-refractivity contribution in [2.45, 2.75) is 19.8 Å². The summed E-state index contributed by atoms with van der Waals surface area (Å²) in [6, 6.07) is 0. The molecule has 0 aromatic heterocycles. The summed E-state index contributed by atoms with van der Waals surface area (Å²) in [5.41, 5.74) is 0.417. The first kappa shape index (κ1) is 14.0. The van der Waals surface area contributed by atoms with Crippen LogP contribution in [0, 0.1) is 0 Å². The minimum Gasteiger partial charge on any atom is -0.478 e. The van der Waals surface area contributed by atoms with Gasteiger partial charge in [-0.05, 0) is 6.42 Å². The van der Waals surface area contributed by atoms with Gasteiger partial charge in [0.1, 0.15) is 0 Å². The van der Waals surface area contributed by atoms with Crippen molar-refractivity contribution in [3.63, 3.8) is 0 Å².